The van der Waals surface area contributed by atoms with Gasteiger partial charge in [0, 0.05) is 22.9 Å². The van der Waals surface area contributed by atoms with Crippen LogP contribution < -0.4 is 0 Å². The zero-order chi connectivity index (χ0) is 14.5. The second kappa shape index (κ2) is 6.70. The van der Waals surface area contributed by atoms with Crippen LogP contribution in [0.2, 0.25) is 0 Å². The molecular weight excluding hydrogens is 230 g/mol. The molecule has 0 N–H and O–H groups in total. The van der Waals surface area contributed by atoms with Gasteiger partial charge in [-0.25, -0.2) is 0 Å². The fourth-order valence-corrected chi connectivity index (χ4v) is 1.82. The van der Waals surface area contributed by atoms with Gasteiger partial charge < -0.3 is 0 Å². The Morgan fingerprint density at radius 2 is 1.47 bits per heavy atom. The van der Waals surface area contributed by atoms with Gasteiger partial charge in [-0.15, -0.1) is 0 Å². The Hall–Kier alpha value is -1.37. The molecule has 0 radical (unpaired) electrons. The van der Waals surface area contributed by atoms with Gasteiger partial charge in [-0.3, -0.25) is 4.98 Å². The highest BCUT2D eigenvalue weighted by Gasteiger charge is 2.14. The third-order valence-corrected chi connectivity index (χ3v) is 3.42. The molecule has 1 aliphatic carbocycles. The molecule has 0 fully saturated rings. The van der Waals surface area contributed by atoms with Crippen LogP contribution in [0.3, 0.4) is 0 Å². The second-order valence-corrected chi connectivity index (χ2v) is 5.84. The number of aromatic nitrogens is 1. The standard InChI is InChI=1S/C14H17N.C4H10/c1-10-9-15-11(2)13-6-8-14(3,4)7-5-12(10)13;1-3-4-2/h5-9H,1-4H3;3-4H2,1-2H3. The molecule has 0 aliphatic heterocycles. The number of fused-ring (bicyclic) bond motifs is 1. The Balaban J connectivity index is 0.000000399. The van der Waals surface area contributed by atoms with Gasteiger partial charge in [0.1, 0.15) is 0 Å². The lowest BCUT2D eigenvalue weighted by Crippen LogP contribution is -2.00. The summed E-state index contributed by atoms with van der Waals surface area (Å²) in [5, 5.41) is 0. The molecule has 0 spiro atoms. The average Bonchev–Trinajstić information content (AvgIpc) is 2.54. The molecule has 1 heterocycles. The Bertz CT molecular complexity index is 436. The van der Waals surface area contributed by atoms with Crippen molar-refractivity contribution >= 4 is 12.2 Å². The first-order valence-corrected chi connectivity index (χ1v) is 7.26. The van der Waals surface area contributed by atoms with Crippen LogP contribution in [0.4, 0.5) is 0 Å². The molecule has 19 heavy (non-hydrogen) atoms. The number of hydrogen-bond donors (Lipinski definition) is 0. The SMILES string of the molecule is CCCC.Cc1cnc(C)c2c1C=CC(C)(C)C=C2. The van der Waals surface area contributed by atoms with Crippen molar-refractivity contribution < 1.29 is 0 Å². The van der Waals surface area contributed by atoms with Gasteiger partial charge in [-0.2, -0.15) is 0 Å². The predicted octanol–water partition coefficient (Wildman–Crippen LogP) is 5.57. The summed E-state index contributed by atoms with van der Waals surface area (Å²) in [6.07, 6.45) is 13.5. The first kappa shape index (κ1) is 15.7. The third kappa shape index (κ3) is 4.34. The van der Waals surface area contributed by atoms with Crippen molar-refractivity contribution in [3.8, 4) is 0 Å². The van der Waals surface area contributed by atoms with E-state index >= 15 is 0 Å². The largest absolute Gasteiger partial charge is 0.261 e. The van der Waals surface area contributed by atoms with Gasteiger partial charge in [0.15, 0.2) is 0 Å². The van der Waals surface area contributed by atoms with Crippen LogP contribution >= 0.6 is 0 Å². The molecular formula is C18H27N. The summed E-state index contributed by atoms with van der Waals surface area (Å²) in [6, 6.07) is 0. The van der Waals surface area contributed by atoms with Gasteiger partial charge in [-0.1, -0.05) is 64.8 Å². The molecule has 1 heteroatoms. The van der Waals surface area contributed by atoms with Crippen LogP contribution in [-0.4, -0.2) is 4.98 Å². The summed E-state index contributed by atoms with van der Waals surface area (Å²) in [4.78, 5) is 4.40. The maximum absolute atomic E-state index is 4.40. The first-order chi connectivity index (χ1) is 8.91. The summed E-state index contributed by atoms with van der Waals surface area (Å²) in [6.45, 7) is 13.0. The molecule has 0 aromatic carbocycles. The molecule has 1 nitrogen and oxygen atoms in total. The summed E-state index contributed by atoms with van der Waals surface area (Å²) < 4.78 is 0. The first-order valence-electron chi connectivity index (χ1n) is 7.26. The van der Waals surface area contributed by atoms with Gasteiger partial charge in [0.05, 0.1) is 0 Å². The van der Waals surface area contributed by atoms with E-state index in [0.717, 1.165) is 5.69 Å². The highest BCUT2D eigenvalue weighted by molar-refractivity contribution is 5.71. The number of nitrogens with zero attached hydrogens (tertiary/aromatic N) is 1. The van der Waals surface area contributed by atoms with Crippen LogP contribution in [0.5, 0.6) is 0 Å². The van der Waals surface area contributed by atoms with E-state index in [1.54, 1.807) is 0 Å². The molecule has 0 amide bonds. The summed E-state index contributed by atoms with van der Waals surface area (Å²) >= 11 is 0. The molecule has 104 valence electrons. The van der Waals surface area contributed by atoms with Crippen LogP contribution in [0.1, 0.15) is 62.9 Å². The van der Waals surface area contributed by atoms with Crippen LogP contribution in [0.25, 0.3) is 12.2 Å². The molecule has 0 atom stereocenters. The highest BCUT2D eigenvalue weighted by atomic mass is 14.7. The minimum Gasteiger partial charge on any atom is -0.261 e. The fourth-order valence-electron chi connectivity index (χ4n) is 1.82. The summed E-state index contributed by atoms with van der Waals surface area (Å²) in [7, 11) is 0. The van der Waals surface area contributed by atoms with E-state index in [9.17, 15) is 0 Å². The number of rotatable bonds is 1. The lowest BCUT2D eigenvalue weighted by Gasteiger charge is -2.12. The molecule has 2 rings (SSSR count). The minimum absolute atomic E-state index is 0.137. The van der Waals surface area contributed by atoms with Gasteiger partial charge in [0.2, 0.25) is 0 Å². The van der Waals surface area contributed by atoms with E-state index in [4.69, 9.17) is 0 Å². The van der Waals surface area contributed by atoms with Crippen LogP contribution in [0, 0.1) is 19.3 Å². The monoisotopic (exact) mass is 257 g/mol. The molecule has 0 unspecified atom stereocenters. The van der Waals surface area contributed by atoms with Gasteiger partial charge >= 0.3 is 0 Å². The van der Waals surface area contributed by atoms with Crippen LogP contribution in [0.15, 0.2) is 18.3 Å². The fraction of sp³-hybridized carbons (Fsp3) is 0.500. The molecule has 1 aromatic rings. The number of pyridine rings is 1. The van der Waals surface area contributed by atoms with E-state index < -0.39 is 0 Å². The van der Waals surface area contributed by atoms with Gasteiger partial charge in [0.25, 0.3) is 0 Å². The van der Waals surface area contributed by atoms with E-state index in [1.807, 2.05) is 6.20 Å². The third-order valence-electron chi connectivity index (χ3n) is 3.42. The maximum atomic E-state index is 4.40. The zero-order valence-electron chi connectivity index (χ0n) is 13.2. The van der Waals surface area contributed by atoms with E-state index in [2.05, 4.69) is 70.8 Å². The predicted molar refractivity (Wildman–Crippen MR) is 86.1 cm³/mol. The lowest BCUT2D eigenvalue weighted by atomic mass is 9.93. The number of hydrogen-bond acceptors (Lipinski definition) is 1. The molecule has 1 aromatic heterocycles. The lowest BCUT2D eigenvalue weighted by molar-refractivity contribution is 0.633. The summed E-state index contributed by atoms with van der Waals surface area (Å²) in [5.74, 6) is 0. The van der Waals surface area contributed by atoms with Crippen molar-refractivity contribution in [3.63, 3.8) is 0 Å². The van der Waals surface area contributed by atoms with Crippen molar-refractivity contribution in [2.24, 2.45) is 5.41 Å². The molecule has 1 aliphatic rings. The Labute approximate surface area is 118 Å². The average molecular weight is 257 g/mol. The molecule has 0 saturated carbocycles. The normalized spacial score (nSPS) is 15.3. The molecule has 0 saturated heterocycles. The number of aryl methyl sites for hydroxylation is 2. The zero-order valence-corrected chi connectivity index (χ0v) is 13.2. The summed E-state index contributed by atoms with van der Waals surface area (Å²) in [5.41, 5.74) is 5.06. The highest BCUT2D eigenvalue weighted by Crippen LogP contribution is 2.29. The number of allylic oxidation sites excluding steroid dienone is 2. The minimum atomic E-state index is 0.137. The Morgan fingerprint density at radius 1 is 0.947 bits per heavy atom. The Morgan fingerprint density at radius 3 is 2.00 bits per heavy atom. The molecule has 0 bridgehead atoms. The van der Waals surface area contributed by atoms with Gasteiger partial charge in [-0.05, 0) is 25.0 Å². The topological polar surface area (TPSA) is 12.9 Å². The van der Waals surface area contributed by atoms with E-state index in [-0.39, 0.29) is 5.41 Å². The quantitative estimate of drug-likeness (QED) is 0.640. The van der Waals surface area contributed by atoms with Crippen molar-refractivity contribution in [3.05, 3.63) is 40.7 Å². The van der Waals surface area contributed by atoms with Crippen molar-refractivity contribution in [1.82, 2.24) is 4.98 Å². The van der Waals surface area contributed by atoms with Crippen molar-refractivity contribution in [2.45, 2.75) is 54.4 Å². The van der Waals surface area contributed by atoms with Crippen molar-refractivity contribution in [1.29, 1.82) is 0 Å². The van der Waals surface area contributed by atoms with E-state index in [1.165, 1.54) is 29.5 Å². The van der Waals surface area contributed by atoms with Crippen molar-refractivity contribution in [2.75, 3.05) is 0 Å². The smallest absolute Gasteiger partial charge is 0.0451 e. The Kier molecular flexibility index (Phi) is 5.53. The van der Waals surface area contributed by atoms with Crippen LogP contribution in [-0.2, 0) is 0 Å². The van der Waals surface area contributed by atoms with E-state index in [0.29, 0.717) is 0 Å². The number of unbranched alkanes of at least 4 members (excludes halogenated alkanes) is 1. The maximum Gasteiger partial charge on any atom is 0.0451 e. The second-order valence-electron chi connectivity index (χ2n) is 5.84.